The van der Waals surface area contributed by atoms with Crippen LogP contribution in [0.3, 0.4) is 0 Å². The number of rotatable bonds is 6. The van der Waals surface area contributed by atoms with Gasteiger partial charge in [0.2, 0.25) is 0 Å². The number of aliphatic hydroxyl groups is 1. The molecule has 0 radical (unpaired) electrons. The van der Waals surface area contributed by atoms with Crippen LogP contribution >= 0.6 is 0 Å². The average molecular weight is 460 g/mol. The fourth-order valence-corrected chi connectivity index (χ4v) is 6.37. The van der Waals surface area contributed by atoms with Crippen molar-refractivity contribution in [1.82, 2.24) is 4.90 Å². The first-order chi connectivity index (χ1) is 16.5. The van der Waals surface area contributed by atoms with Crippen LogP contribution in [0.4, 0.5) is 0 Å². The maximum absolute atomic E-state index is 11.9. The molecule has 1 fully saturated rings. The number of benzene rings is 1. The Morgan fingerprint density at radius 1 is 1.21 bits per heavy atom. The quantitative estimate of drug-likeness (QED) is 0.542. The van der Waals surface area contributed by atoms with Crippen LogP contribution in [0.1, 0.15) is 64.4 Å². The molecule has 34 heavy (non-hydrogen) atoms. The molecule has 4 heteroatoms. The highest BCUT2D eigenvalue weighted by atomic mass is 16.5. The lowest BCUT2D eigenvalue weighted by Crippen LogP contribution is -2.50. The first kappa shape index (κ1) is 23.2. The zero-order valence-corrected chi connectivity index (χ0v) is 20.5. The molecule has 1 N–H and O–H groups in total. The van der Waals surface area contributed by atoms with Crippen LogP contribution in [0, 0.1) is 11.8 Å². The maximum Gasteiger partial charge on any atom is 0.307 e. The molecule has 2 heterocycles. The van der Waals surface area contributed by atoms with Gasteiger partial charge in [-0.1, -0.05) is 61.9 Å². The summed E-state index contributed by atoms with van der Waals surface area (Å²) < 4.78 is 5.73. The van der Waals surface area contributed by atoms with Crippen molar-refractivity contribution in [2.45, 2.75) is 77.4 Å². The third-order valence-electron chi connectivity index (χ3n) is 7.97. The standard InChI is InChI=1S/C30H37NO3/c1-20(9-8-12-22-10-4-3-5-11-22)23-15-16-25-26-13-6-7-14-28(26)31-19-24(33)18-29(34-21(2)32)30(31)27(25)17-23/h3-5,10-11,15-17,20,24,27-28,33H,6-9,12-14,18-19H2,1-2H3/t20-,24+,27?,28-/m0/s1. The minimum atomic E-state index is -0.498. The topological polar surface area (TPSA) is 49.8 Å². The highest BCUT2D eigenvalue weighted by Gasteiger charge is 2.43. The number of carbonyl (C=O) groups is 1. The Morgan fingerprint density at radius 2 is 2.03 bits per heavy atom. The van der Waals surface area contributed by atoms with Crippen molar-refractivity contribution >= 4 is 5.97 Å². The van der Waals surface area contributed by atoms with Gasteiger partial charge in [-0.3, -0.25) is 4.79 Å². The third-order valence-corrected chi connectivity index (χ3v) is 7.97. The Morgan fingerprint density at radius 3 is 2.82 bits per heavy atom. The van der Waals surface area contributed by atoms with Gasteiger partial charge < -0.3 is 14.7 Å². The van der Waals surface area contributed by atoms with E-state index in [-0.39, 0.29) is 11.9 Å². The second-order valence-corrected chi connectivity index (χ2v) is 10.4. The molecule has 2 aliphatic carbocycles. The first-order valence-electron chi connectivity index (χ1n) is 13.0. The summed E-state index contributed by atoms with van der Waals surface area (Å²) >= 11 is 0. The lowest BCUT2D eigenvalue weighted by molar-refractivity contribution is -0.138. The summed E-state index contributed by atoms with van der Waals surface area (Å²) in [4.78, 5) is 14.3. The molecule has 4 aliphatic rings. The molecule has 0 bridgehead atoms. The molecule has 1 aromatic carbocycles. The molecule has 1 aromatic rings. The average Bonchev–Trinajstić information content (AvgIpc) is 2.84. The molecule has 0 aromatic heterocycles. The summed E-state index contributed by atoms with van der Waals surface area (Å²) in [5.41, 5.74) is 6.82. The number of hydrogen-bond donors (Lipinski definition) is 1. The molecule has 2 aliphatic heterocycles. The van der Waals surface area contributed by atoms with Crippen LogP contribution < -0.4 is 0 Å². The first-order valence-corrected chi connectivity index (χ1v) is 13.0. The Bertz CT molecular complexity index is 1050. The molecular weight excluding hydrogens is 422 g/mol. The van der Waals surface area contributed by atoms with Gasteiger partial charge in [-0.05, 0) is 66.7 Å². The van der Waals surface area contributed by atoms with E-state index in [1.807, 2.05) is 0 Å². The molecule has 5 rings (SSSR count). The monoisotopic (exact) mass is 459 g/mol. The summed E-state index contributed by atoms with van der Waals surface area (Å²) in [6.07, 6.45) is 15.1. The van der Waals surface area contributed by atoms with E-state index in [1.54, 1.807) is 0 Å². The second-order valence-electron chi connectivity index (χ2n) is 10.4. The van der Waals surface area contributed by atoms with Crippen molar-refractivity contribution in [3.05, 3.63) is 82.3 Å². The van der Waals surface area contributed by atoms with Crippen LogP contribution in [0.25, 0.3) is 0 Å². The SMILES string of the molecule is CC(=O)OC1=C2C3C=C([C@@H](C)CCCc4ccccc4)C=CC3=C3CCCC[C@@H]3N2C[C@H](O)C1. The summed E-state index contributed by atoms with van der Waals surface area (Å²) in [7, 11) is 0. The van der Waals surface area contributed by atoms with E-state index < -0.39 is 6.10 Å². The molecule has 0 amide bonds. The van der Waals surface area contributed by atoms with E-state index in [1.165, 1.54) is 42.0 Å². The van der Waals surface area contributed by atoms with Gasteiger partial charge in [-0.25, -0.2) is 0 Å². The Labute approximate surface area is 203 Å². The van der Waals surface area contributed by atoms with Crippen molar-refractivity contribution < 1.29 is 14.6 Å². The Kier molecular flexibility index (Phi) is 6.78. The van der Waals surface area contributed by atoms with Crippen LogP contribution in [0.5, 0.6) is 0 Å². The summed E-state index contributed by atoms with van der Waals surface area (Å²) in [6, 6.07) is 11.0. The molecular formula is C30H37NO3. The van der Waals surface area contributed by atoms with Crippen molar-refractivity contribution in [3.63, 3.8) is 0 Å². The molecule has 4 nitrogen and oxygen atoms in total. The molecule has 0 saturated heterocycles. The van der Waals surface area contributed by atoms with E-state index in [9.17, 15) is 9.90 Å². The van der Waals surface area contributed by atoms with Crippen LogP contribution in [-0.2, 0) is 16.0 Å². The van der Waals surface area contributed by atoms with Gasteiger partial charge in [0, 0.05) is 25.8 Å². The number of aryl methyl sites for hydroxylation is 1. The van der Waals surface area contributed by atoms with E-state index in [2.05, 4.69) is 60.4 Å². The summed E-state index contributed by atoms with van der Waals surface area (Å²) in [6.45, 7) is 4.41. The molecule has 4 atom stereocenters. The maximum atomic E-state index is 11.9. The normalized spacial score (nSPS) is 27.0. The van der Waals surface area contributed by atoms with Crippen LogP contribution in [-0.4, -0.2) is 34.7 Å². The molecule has 0 spiro atoms. The highest BCUT2D eigenvalue weighted by Crippen LogP contribution is 2.48. The lowest BCUT2D eigenvalue weighted by Gasteiger charge is -2.50. The third kappa shape index (κ3) is 4.65. The van der Waals surface area contributed by atoms with E-state index in [0.29, 0.717) is 30.7 Å². The number of allylic oxidation sites excluding steroid dienone is 4. The number of ether oxygens (including phenoxy) is 1. The van der Waals surface area contributed by atoms with Gasteiger partial charge in [-0.15, -0.1) is 0 Å². The van der Waals surface area contributed by atoms with Gasteiger partial charge in [-0.2, -0.15) is 0 Å². The number of fused-ring (bicyclic) bond motifs is 5. The van der Waals surface area contributed by atoms with Gasteiger partial charge in [0.1, 0.15) is 5.76 Å². The Hall–Kier alpha value is -2.59. The highest BCUT2D eigenvalue weighted by molar-refractivity contribution is 5.67. The number of nitrogens with zero attached hydrogens (tertiary/aromatic N) is 1. The molecule has 1 saturated carbocycles. The largest absolute Gasteiger partial charge is 0.429 e. The zero-order valence-electron chi connectivity index (χ0n) is 20.5. The lowest BCUT2D eigenvalue weighted by atomic mass is 9.72. The van der Waals surface area contributed by atoms with Crippen LogP contribution in [0.15, 0.2) is 76.7 Å². The fourth-order valence-electron chi connectivity index (χ4n) is 6.37. The van der Waals surface area contributed by atoms with Gasteiger partial charge in [0.25, 0.3) is 0 Å². The van der Waals surface area contributed by atoms with E-state index in [4.69, 9.17) is 4.74 Å². The second kappa shape index (κ2) is 9.95. The number of esters is 1. The van der Waals surface area contributed by atoms with Gasteiger partial charge in [0.05, 0.1) is 17.8 Å². The summed E-state index contributed by atoms with van der Waals surface area (Å²) in [5, 5.41) is 10.6. The van der Waals surface area contributed by atoms with Crippen molar-refractivity contribution in [3.8, 4) is 0 Å². The van der Waals surface area contributed by atoms with Crippen molar-refractivity contribution in [2.24, 2.45) is 11.8 Å². The van der Waals surface area contributed by atoms with Gasteiger partial charge >= 0.3 is 5.97 Å². The smallest absolute Gasteiger partial charge is 0.307 e. The number of aliphatic hydroxyl groups excluding tert-OH is 1. The van der Waals surface area contributed by atoms with Crippen molar-refractivity contribution in [1.29, 1.82) is 0 Å². The van der Waals surface area contributed by atoms with Crippen LogP contribution in [0.2, 0.25) is 0 Å². The van der Waals surface area contributed by atoms with Crippen molar-refractivity contribution in [2.75, 3.05) is 6.54 Å². The molecule has 1 unspecified atom stereocenters. The van der Waals surface area contributed by atoms with E-state index in [0.717, 1.165) is 37.8 Å². The number of carbonyl (C=O) groups excluding carboxylic acids is 1. The predicted octanol–water partition coefficient (Wildman–Crippen LogP) is 5.85. The fraction of sp³-hybridized carbons (Fsp3) is 0.500. The molecule has 180 valence electrons. The summed E-state index contributed by atoms with van der Waals surface area (Å²) in [5.74, 6) is 0.945. The minimum Gasteiger partial charge on any atom is -0.429 e. The Balaban J connectivity index is 1.44. The van der Waals surface area contributed by atoms with Gasteiger partial charge in [0.15, 0.2) is 0 Å². The predicted molar refractivity (Wildman–Crippen MR) is 135 cm³/mol. The minimum absolute atomic E-state index is 0.114. The van der Waals surface area contributed by atoms with E-state index >= 15 is 0 Å². The number of hydrogen-bond acceptors (Lipinski definition) is 4. The zero-order chi connectivity index (χ0) is 23.7.